The zero-order valence-electron chi connectivity index (χ0n) is 20.9. The molecule has 3 rings (SSSR count). The highest BCUT2D eigenvalue weighted by molar-refractivity contribution is 5.90. The van der Waals surface area contributed by atoms with E-state index in [0.717, 1.165) is 16.8 Å². The molecular formula is C30H39N. The third-order valence-corrected chi connectivity index (χ3v) is 6.17. The highest BCUT2D eigenvalue weighted by atomic mass is 14.6. The molecule has 0 fully saturated rings. The Bertz CT molecular complexity index is 969. The summed E-state index contributed by atoms with van der Waals surface area (Å²) < 4.78 is 0. The molecule has 1 heteroatoms. The van der Waals surface area contributed by atoms with E-state index in [1.165, 1.54) is 27.8 Å². The largest absolute Gasteiger partial charge is 0.398 e. The maximum Gasteiger partial charge on any atom is 0.0473 e. The molecule has 0 aliphatic carbocycles. The van der Waals surface area contributed by atoms with Crippen LogP contribution in [0.3, 0.4) is 0 Å². The molecule has 3 aromatic rings. The summed E-state index contributed by atoms with van der Waals surface area (Å²) in [4.78, 5) is 0. The van der Waals surface area contributed by atoms with Gasteiger partial charge in [-0.1, -0.05) is 111 Å². The Morgan fingerprint density at radius 1 is 0.452 bits per heavy atom. The molecule has 0 aromatic heterocycles. The van der Waals surface area contributed by atoms with E-state index in [4.69, 9.17) is 5.73 Å². The van der Waals surface area contributed by atoms with Crippen molar-refractivity contribution in [2.24, 2.45) is 0 Å². The predicted octanol–water partition coefficient (Wildman–Crippen LogP) is 8.50. The van der Waals surface area contributed by atoms with E-state index in [1.54, 1.807) is 0 Å². The number of hydrogen-bond acceptors (Lipinski definition) is 1. The fourth-order valence-electron chi connectivity index (χ4n) is 3.86. The number of hydrogen-bond donors (Lipinski definition) is 1. The van der Waals surface area contributed by atoms with E-state index in [1.807, 2.05) is 0 Å². The van der Waals surface area contributed by atoms with Gasteiger partial charge in [-0.05, 0) is 56.2 Å². The van der Waals surface area contributed by atoms with Gasteiger partial charge in [0.15, 0.2) is 0 Å². The van der Waals surface area contributed by atoms with Crippen molar-refractivity contribution in [2.45, 2.75) is 78.6 Å². The summed E-state index contributed by atoms with van der Waals surface area (Å²) in [6.07, 6.45) is 0. The Balaban J connectivity index is 2.17. The van der Waals surface area contributed by atoms with Crippen LogP contribution >= 0.6 is 0 Å². The van der Waals surface area contributed by atoms with Gasteiger partial charge in [0, 0.05) is 16.8 Å². The first-order valence-electron chi connectivity index (χ1n) is 11.3. The molecule has 0 aliphatic heterocycles. The van der Waals surface area contributed by atoms with Gasteiger partial charge in [0.2, 0.25) is 0 Å². The molecule has 1 nitrogen and oxygen atoms in total. The average molecular weight is 414 g/mol. The zero-order valence-corrected chi connectivity index (χ0v) is 20.9. The molecule has 0 unspecified atom stereocenters. The van der Waals surface area contributed by atoms with Gasteiger partial charge in [-0.3, -0.25) is 0 Å². The first-order chi connectivity index (χ1) is 14.2. The number of benzene rings is 3. The summed E-state index contributed by atoms with van der Waals surface area (Å²) in [6.45, 7) is 20.3. The monoisotopic (exact) mass is 413 g/mol. The van der Waals surface area contributed by atoms with Gasteiger partial charge in [-0.15, -0.1) is 0 Å². The maximum absolute atomic E-state index is 6.81. The van der Waals surface area contributed by atoms with Gasteiger partial charge in [-0.25, -0.2) is 0 Å². The van der Waals surface area contributed by atoms with Crippen LogP contribution in [0.25, 0.3) is 22.3 Å². The van der Waals surface area contributed by atoms with E-state index >= 15 is 0 Å². The normalized spacial score (nSPS) is 12.8. The van der Waals surface area contributed by atoms with E-state index in [9.17, 15) is 0 Å². The second-order valence-corrected chi connectivity index (χ2v) is 11.9. The SMILES string of the molecule is CC(C)(C)c1ccc(-c2cc(C(C)(C)C)cc(-c3ccc(C(C)(C)C)cc3)c2N)cc1. The van der Waals surface area contributed by atoms with Gasteiger partial charge >= 0.3 is 0 Å². The molecule has 2 N–H and O–H groups in total. The Kier molecular flexibility index (Phi) is 5.86. The second kappa shape index (κ2) is 7.86. The molecule has 0 spiro atoms. The standard InChI is InChI=1S/C30H39N/c1-28(2,3)22-14-10-20(11-15-22)25-18-24(30(7,8)9)19-26(27(25)31)21-12-16-23(17-13-21)29(4,5)6/h10-19H,31H2,1-9H3. The van der Waals surface area contributed by atoms with E-state index in [0.29, 0.717) is 0 Å². The van der Waals surface area contributed by atoms with Crippen LogP contribution in [0.2, 0.25) is 0 Å². The highest BCUT2D eigenvalue weighted by Crippen LogP contribution is 2.40. The quantitative estimate of drug-likeness (QED) is 0.419. The number of nitrogens with two attached hydrogens (primary N) is 1. The minimum absolute atomic E-state index is 0.0356. The van der Waals surface area contributed by atoms with Crippen LogP contribution in [0.4, 0.5) is 5.69 Å². The fourth-order valence-corrected chi connectivity index (χ4v) is 3.86. The second-order valence-electron chi connectivity index (χ2n) is 11.9. The summed E-state index contributed by atoms with van der Waals surface area (Å²) >= 11 is 0. The Hall–Kier alpha value is -2.54. The van der Waals surface area contributed by atoms with Crippen molar-refractivity contribution >= 4 is 5.69 Å². The van der Waals surface area contributed by atoms with Crippen molar-refractivity contribution in [3.05, 3.63) is 77.4 Å². The molecular weight excluding hydrogens is 374 g/mol. The summed E-state index contributed by atoms with van der Waals surface area (Å²) in [5.74, 6) is 0. The van der Waals surface area contributed by atoms with Crippen molar-refractivity contribution < 1.29 is 0 Å². The molecule has 0 heterocycles. The lowest BCUT2D eigenvalue weighted by Crippen LogP contribution is -2.13. The predicted molar refractivity (Wildman–Crippen MR) is 138 cm³/mol. The Morgan fingerprint density at radius 2 is 0.742 bits per heavy atom. The van der Waals surface area contributed by atoms with Gasteiger partial charge < -0.3 is 5.73 Å². The average Bonchev–Trinajstić information content (AvgIpc) is 2.66. The molecule has 0 atom stereocenters. The van der Waals surface area contributed by atoms with Crippen molar-refractivity contribution in [1.82, 2.24) is 0 Å². The van der Waals surface area contributed by atoms with Crippen LogP contribution in [-0.2, 0) is 16.2 Å². The Morgan fingerprint density at radius 3 is 1.00 bits per heavy atom. The molecule has 164 valence electrons. The minimum Gasteiger partial charge on any atom is -0.398 e. The molecule has 0 aliphatic rings. The van der Waals surface area contributed by atoms with E-state index in [2.05, 4.69) is 123 Å². The molecule has 0 saturated carbocycles. The molecule has 31 heavy (non-hydrogen) atoms. The van der Waals surface area contributed by atoms with Crippen LogP contribution in [0.5, 0.6) is 0 Å². The minimum atomic E-state index is 0.0356. The van der Waals surface area contributed by atoms with Crippen LogP contribution in [0.15, 0.2) is 60.7 Å². The van der Waals surface area contributed by atoms with Crippen LogP contribution in [-0.4, -0.2) is 0 Å². The van der Waals surface area contributed by atoms with Gasteiger partial charge in [-0.2, -0.15) is 0 Å². The van der Waals surface area contributed by atoms with E-state index < -0.39 is 0 Å². The summed E-state index contributed by atoms with van der Waals surface area (Å²) in [5, 5.41) is 0. The zero-order chi connectivity index (χ0) is 23.2. The van der Waals surface area contributed by atoms with E-state index in [-0.39, 0.29) is 16.2 Å². The molecule has 0 radical (unpaired) electrons. The number of anilines is 1. The molecule has 0 bridgehead atoms. The number of nitrogen functional groups attached to an aromatic ring is 1. The summed E-state index contributed by atoms with van der Waals surface area (Å²) in [5.41, 5.74) is 16.5. The van der Waals surface area contributed by atoms with Crippen molar-refractivity contribution in [3.8, 4) is 22.3 Å². The molecule has 0 amide bonds. The van der Waals surface area contributed by atoms with Crippen LogP contribution in [0, 0.1) is 0 Å². The molecule has 3 aromatic carbocycles. The lowest BCUT2D eigenvalue weighted by Gasteiger charge is -2.24. The van der Waals surface area contributed by atoms with Crippen molar-refractivity contribution in [3.63, 3.8) is 0 Å². The third kappa shape index (κ3) is 5.03. The van der Waals surface area contributed by atoms with Crippen LogP contribution in [0.1, 0.15) is 79.0 Å². The third-order valence-electron chi connectivity index (χ3n) is 6.17. The first-order valence-corrected chi connectivity index (χ1v) is 11.3. The van der Waals surface area contributed by atoms with Crippen LogP contribution < -0.4 is 5.73 Å². The lowest BCUT2D eigenvalue weighted by atomic mass is 9.81. The number of rotatable bonds is 2. The van der Waals surface area contributed by atoms with Gasteiger partial charge in [0.1, 0.15) is 0 Å². The fraction of sp³-hybridized carbons (Fsp3) is 0.400. The van der Waals surface area contributed by atoms with Crippen molar-refractivity contribution in [2.75, 3.05) is 5.73 Å². The lowest BCUT2D eigenvalue weighted by molar-refractivity contribution is 0.590. The van der Waals surface area contributed by atoms with Gasteiger partial charge in [0.25, 0.3) is 0 Å². The molecule has 0 saturated heterocycles. The first kappa shape index (κ1) is 23.1. The maximum atomic E-state index is 6.81. The topological polar surface area (TPSA) is 26.0 Å². The highest BCUT2D eigenvalue weighted by Gasteiger charge is 2.21. The smallest absolute Gasteiger partial charge is 0.0473 e. The Labute approximate surface area is 189 Å². The summed E-state index contributed by atoms with van der Waals surface area (Å²) in [6, 6.07) is 22.3. The van der Waals surface area contributed by atoms with Gasteiger partial charge in [0.05, 0.1) is 0 Å². The van der Waals surface area contributed by atoms with Crippen molar-refractivity contribution in [1.29, 1.82) is 0 Å². The summed E-state index contributed by atoms with van der Waals surface area (Å²) in [7, 11) is 0.